The highest BCUT2D eigenvalue weighted by molar-refractivity contribution is 7.21. The second-order valence-corrected chi connectivity index (χ2v) is 9.30. The summed E-state index contributed by atoms with van der Waals surface area (Å²) in [5.74, 6) is -0.0597. The molecule has 0 fully saturated rings. The molecule has 1 atom stereocenters. The number of hydrogen-bond donors (Lipinski definition) is 1. The number of ether oxygens (including phenoxy) is 1. The third-order valence-corrected chi connectivity index (χ3v) is 7.20. The highest BCUT2D eigenvalue weighted by Crippen LogP contribution is 2.32. The molecule has 5 nitrogen and oxygen atoms in total. The van der Waals surface area contributed by atoms with Crippen LogP contribution in [0.1, 0.15) is 26.4 Å². The number of rotatable bonds is 7. The van der Waals surface area contributed by atoms with E-state index in [9.17, 15) is 9.90 Å². The molecule has 4 rings (SSSR count). The number of hydrogen-bond acceptors (Lipinski definition) is 5. The van der Waals surface area contributed by atoms with E-state index >= 15 is 0 Å². The molecule has 1 aliphatic heterocycles. The van der Waals surface area contributed by atoms with Crippen molar-refractivity contribution in [3.63, 3.8) is 0 Å². The molecule has 2 heterocycles. The van der Waals surface area contributed by atoms with Gasteiger partial charge in [-0.15, -0.1) is 11.3 Å². The number of methoxy groups -OCH3 is 1. The zero-order valence-corrected chi connectivity index (χ0v) is 19.0. The largest absolute Gasteiger partial charge is 0.390 e. The molecule has 0 unspecified atom stereocenters. The predicted octanol–water partition coefficient (Wildman–Crippen LogP) is 3.58. The van der Waals surface area contributed by atoms with Crippen LogP contribution in [0.2, 0.25) is 0 Å². The van der Waals surface area contributed by atoms with Gasteiger partial charge in [-0.2, -0.15) is 0 Å². The minimum absolute atomic E-state index is 0.0597. The number of amides is 1. The van der Waals surface area contributed by atoms with E-state index in [0.717, 1.165) is 41.6 Å². The average molecular weight is 439 g/mol. The first-order valence-corrected chi connectivity index (χ1v) is 11.6. The fourth-order valence-electron chi connectivity index (χ4n) is 4.38. The third-order valence-electron chi connectivity index (χ3n) is 5.99. The van der Waals surface area contributed by atoms with E-state index < -0.39 is 6.10 Å². The number of aliphatic hydroxyl groups is 1. The van der Waals surface area contributed by atoms with Crippen LogP contribution in [-0.4, -0.2) is 67.3 Å². The molecule has 3 aromatic rings. The smallest absolute Gasteiger partial charge is 0.264 e. The number of carbonyl (C=O) groups is 1. The van der Waals surface area contributed by atoms with Crippen molar-refractivity contribution >= 4 is 27.3 Å². The number of carbonyl (C=O) groups excluding carboxylic acids is 1. The van der Waals surface area contributed by atoms with Crippen molar-refractivity contribution in [3.8, 4) is 0 Å². The highest BCUT2D eigenvalue weighted by Gasteiger charge is 2.24. The topological polar surface area (TPSA) is 53.0 Å². The van der Waals surface area contributed by atoms with Gasteiger partial charge in [-0.1, -0.05) is 42.5 Å². The van der Waals surface area contributed by atoms with Gasteiger partial charge in [0.2, 0.25) is 0 Å². The first-order chi connectivity index (χ1) is 15.1. The summed E-state index contributed by atoms with van der Waals surface area (Å²) >= 11 is 1.50. The van der Waals surface area contributed by atoms with Crippen LogP contribution in [0.25, 0.3) is 10.1 Å². The zero-order chi connectivity index (χ0) is 21.8. The Kier molecular flexibility index (Phi) is 7.02. The van der Waals surface area contributed by atoms with E-state index in [1.807, 2.05) is 24.3 Å². The first kappa shape index (κ1) is 22.0. The van der Waals surface area contributed by atoms with Crippen LogP contribution in [0.15, 0.2) is 48.5 Å². The van der Waals surface area contributed by atoms with Gasteiger partial charge in [-0.25, -0.2) is 0 Å². The highest BCUT2D eigenvalue weighted by atomic mass is 32.1. The van der Waals surface area contributed by atoms with Gasteiger partial charge >= 0.3 is 0 Å². The molecule has 6 heteroatoms. The van der Waals surface area contributed by atoms with Crippen LogP contribution < -0.4 is 0 Å². The Morgan fingerprint density at radius 2 is 1.77 bits per heavy atom. The van der Waals surface area contributed by atoms with Gasteiger partial charge in [-0.05, 0) is 35.4 Å². The number of β-amino-alcohol motifs (C(OH)–C–C–N with tert-alkyl or cyclic N) is 1. The predicted molar refractivity (Wildman–Crippen MR) is 126 cm³/mol. The quantitative estimate of drug-likeness (QED) is 0.613. The molecule has 0 saturated heterocycles. The van der Waals surface area contributed by atoms with Gasteiger partial charge in [0.15, 0.2) is 0 Å². The maximum Gasteiger partial charge on any atom is 0.264 e. The van der Waals surface area contributed by atoms with Crippen LogP contribution >= 0.6 is 11.3 Å². The SMILES string of the molecule is COCc1c(C(=O)N(C)C[C@H](O)CN2CCc3ccccc3CC2)sc2ccccc12. The molecule has 164 valence electrons. The van der Waals surface area contributed by atoms with Crippen LogP contribution in [-0.2, 0) is 24.2 Å². The minimum Gasteiger partial charge on any atom is -0.390 e. The first-order valence-electron chi connectivity index (χ1n) is 10.8. The lowest BCUT2D eigenvalue weighted by Gasteiger charge is -2.26. The second kappa shape index (κ2) is 9.92. The van der Waals surface area contributed by atoms with Crippen molar-refractivity contribution < 1.29 is 14.6 Å². The summed E-state index contributed by atoms with van der Waals surface area (Å²) in [6.45, 7) is 3.14. The maximum atomic E-state index is 13.2. The maximum absolute atomic E-state index is 13.2. The molecule has 2 aromatic carbocycles. The second-order valence-electron chi connectivity index (χ2n) is 8.25. The Balaban J connectivity index is 1.39. The van der Waals surface area contributed by atoms with Crippen molar-refractivity contribution in [2.45, 2.75) is 25.6 Å². The Morgan fingerprint density at radius 1 is 1.13 bits per heavy atom. The molecule has 31 heavy (non-hydrogen) atoms. The van der Waals surface area contributed by atoms with Crippen molar-refractivity contribution in [2.75, 3.05) is 40.3 Å². The molecular weight excluding hydrogens is 408 g/mol. The molecule has 0 aliphatic carbocycles. The normalized spacial score (nSPS) is 15.5. The van der Waals surface area contributed by atoms with Gasteiger partial charge < -0.3 is 19.6 Å². The van der Waals surface area contributed by atoms with Crippen LogP contribution in [0.5, 0.6) is 0 Å². The zero-order valence-electron chi connectivity index (χ0n) is 18.2. The molecule has 1 N–H and O–H groups in total. The molecule has 1 amide bonds. The van der Waals surface area contributed by atoms with Gasteiger partial charge in [0.25, 0.3) is 5.91 Å². The molecule has 1 aliphatic rings. The van der Waals surface area contributed by atoms with E-state index in [0.29, 0.717) is 24.6 Å². The van der Waals surface area contributed by atoms with Gasteiger partial charge in [-0.3, -0.25) is 4.79 Å². The van der Waals surface area contributed by atoms with E-state index in [2.05, 4.69) is 29.2 Å². The Morgan fingerprint density at radius 3 is 2.45 bits per heavy atom. The number of benzene rings is 2. The lowest BCUT2D eigenvalue weighted by molar-refractivity contribution is 0.0593. The van der Waals surface area contributed by atoms with Gasteiger partial charge in [0.05, 0.1) is 17.6 Å². The number of nitrogens with zero attached hydrogens (tertiary/aromatic N) is 2. The van der Waals surface area contributed by atoms with Crippen molar-refractivity contribution in [1.29, 1.82) is 0 Å². The van der Waals surface area contributed by atoms with Crippen LogP contribution in [0, 0.1) is 0 Å². The van der Waals surface area contributed by atoms with Crippen molar-refractivity contribution in [1.82, 2.24) is 9.80 Å². The summed E-state index contributed by atoms with van der Waals surface area (Å²) in [6, 6.07) is 16.6. The van der Waals surface area contributed by atoms with Crippen LogP contribution in [0.3, 0.4) is 0 Å². The number of fused-ring (bicyclic) bond motifs is 2. The van der Waals surface area contributed by atoms with E-state index in [1.165, 1.54) is 22.5 Å². The summed E-state index contributed by atoms with van der Waals surface area (Å²) < 4.78 is 6.44. The van der Waals surface area contributed by atoms with Gasteiger partial charge in [0, 0.05) is 50.6 Å². The molecule has 1 aromatic heterocycles. The summed E-state index contributed by atoms with van der Waals surface area (Å²) in [7, 11) is 3.42. The molecule has 0 bridgehead atoms. The van der Waals surface area contributed by atoms with Crippen LogP contribution in [0.4, 0.5) is 0 Å². The lowest BCUT2D eigenvalue weighted by atomic mass is 10.0. The summed E-state index contributed by atoms with van der Waals surface area (Å²) in [6.07, 6.45) is 1.41. The number of aliphatic hydroxyl groups excluding tert-OH is 1. The van der Waals surface area contributed by atoms with Crippen molar-refractivity contribution in [2.24, 2.45) is 0 Å². The molecule has 0 radical (unpaired) electrons. The third kappa shape index (κ3) is 4.99. The van der Waals surface area contributed by atoms with Gasteiger partial charge in [0.1, 0.15) is 0 Å². The Bertz CT molecular complexity index is 1020. The average Bonchev–Trinajstić information content (AvgIpc) is 3.01. The molecular formula is C25H30N2O3S. The Hall–Kier alpha value is -2.25. The van der Waals surface area contributed by atoms with Crippen molar-refractivity contribution in [3.05, 3.63) is 70.1 Å². The van der Waals surface area contributed by atoms with E-state index in [4.69, 9.17) is 4.74 Å². The fraction of sp³-hybridized carbons (Fsp3) is 0.400. The number of thiophene rings is 1. The Labute approximate surface area is 187 Å². The minimum atomic E-state index is -0.588. The summed E-state index contributed by atoms with van der Waals surface area (Å²) in [5, 5.41) is 11.8. The molecule has 0 spiro atoms. The lowest BCUT2D eigenvalue weighted by Crippen LogP contribution is -2.41. The summed E-state index contributed by atoms with van der Waals surface area (Å²) in [4.78, 5) is 17.8. The summed E-state index contributed by atoms with van der Waals surface area (Å²) in [5.41, 5.74) is 3.74. The number of likely N-dealkylation sites (N-methyl/N-ethyl adjacent to an activating group) is 1. The standard InChI is InChI=1S/C25H30N2O3S/c1-26(25(29)24-22(17-30-2)21-9-5-6-10-23(21)31-24)15-20(28)16-27-13-11-18-7-3-4-8-19(18)12-14-27/h3-10,20,28H,11-17H2,1-2H3/t20-/m0/s1. The monoisotopic (exact) mass is 438 g/mol. The molecule has 0 saturated carbocycles. The fourth-order valence-corrected chi connectivity index (χ4v) is 5.59. The van der Waals surface area contributed by atoms with E-state index in [-0.39, 0.29) is 5.91 Å². The van der Waals surface area contributed by atoms with E-state index in [1.54, 1.807) is 19.1 Å².